The Morgan fingerprint density at radius 1 is 1.56 bits per heavy atom. The lowest BCUT2D eigenvalue weighted by molar-refractivity contribution is -0.125. The van der Waals surface area contributed by atoms with Gasteiger partial charge in [-0.25, -0.2) is 0 Å². The molecule has 1 saturated heterocycles. The van der Waals surface area contributed by atoms with E-state index in [1.54, 1.807) is 12.1 Å². The molecule has 1 unspecified atom stereocenters. The lowest BCUT2D eigenvalue weighted by Gasteiger charge is -2.21. The molecule has 1 fully saturated rings. The highest BCUT2D eigenvalue weighted by atomic mass is 16.1. The summed E-state index contributed by atoms with van der Waals surface area (Å²) in [7, 11) is 0. The van der Waals surface area contributed by atoms with E-state index in [2.05, 4.69) is 16.7 Å². The van der Waals surface area contributed by atoms with E-state index in [-0.39, 0.29) is 11.8 Å². The van der Waals surface area contributed by atoms with Gasteiger partial charge in [-0.2, -0.15) is 5.26 Å². The van der Waals surface area contributed by atoms with E-state index in [9.17, 15) is 4.79 Å². The molecule has 0 saturated carbocycles. The summed E-state index contributed by atoms with van der Waals surface area (Å²) in [6.07, 6.45) is 2.01. The van der Waals surface area contributed by atoms with Crippen LogP contribution in [0.1, 0.15) is 24.0 Å². The summed E-state index contributed by atoms with van der Waals surface area (Å²) < 4.78 is 0. The molecule has 0 aliphatic carbocycles. The molecule has 4 nitrogen and oxygen atoms in total. The van der Waals surface area contributed by atoms with Crippen LogP contribution in [-0.4, -0.2) is 19.0 Å². The first-order chi connectivity index (χ1) is 8.79. The third kappa shape index (κ3) is 3.31. The van der Waals surface area contributed by atoms with Crippen LogP contribution in [0, 0.1) is 17.2 Å². The van der Waals surface area contributed by atoms with E-state index in [0.717, 1.165) is 31.5 Å². The molecular weight excluding hydrogens is 226 g/mol. The fraction of sp³-hybridized carbons (Fsp3) is 0.429. The first-order valence-corrected chi connectivity index (χ1v) is 6.27. The van der Waals surface area contributed by atoms with E-state index >= 15 is 0 Å². The van der Waals surface area contributed by atoms with Crippen LogP contribution < -0.4 is 10.6 Å². The molecule has 0 bridgehead atoms. The van der Waals surface area contributed by atoms with Crippen LogP contribution in [0.2, 0.25) is 0 Å². The van der Waals surface area contributed by atoms with Crippen molar-refractivity contribution >= 4 is 5.91 Å². The van der Waals surface area contributed by atoms with Crippen molar-refractivity contribution in [2.24, 2.45) is 5.92 Å². The molecule has 2 N–H and O–H groups in total. The molecule has 1 aromatic carbocycles. The molecule has 1 aliphatic heterocycles. The quantitative estimate of drug-likeness (QED) is 0.837. The minimum Gasteiger partial charge on any atom is -0.352 e. The van der Waals surface area contributed by atoms with Gasteiger partial charge in [0, 0.05) is 13.1 Å². The number of carbonyl (C=O) groups excluding carboxylic acids is 1. The minimum absolute atomic E-state index is 0.0814. The molecule has 0 spiro atoms. The molecule has 94 valence electrons. The third-order valence-corrected chi connectivity index (χ3v) is 3.19. The Morgan fingerprint density at radius 2 is 2.44 bits per heavy atom. The van der Waals surface area contributed by atoms with Crippen molar-refractivity contribution in [3.8, 4) is 6.07 Å². The molecule has 2 rings (SSSR count). The van der Waals surface area contributed by atoms with Crippen LogP contribution in [0.5, 0.6) is 0 Å². The first-order valence-electron chi connectivity index (χ1n) is 6.27. The molecular formula is C14H17N3O. The van der Waals surface area contributed by atoms with Crippen LogP contribution in [0.25, 0.3) is 0 Å². The number of hydrogen-bond acceptors (Lipinski definition) is 3. The lowest BCUT2D eigenvalue weighted by Crippen LogP contribution is -2.40. The van der Waals surface area contributed by atoms with E-state index in [0.29, 0.717) is 12.1 Å². The number of carbonyl (C=O) groups is 1. The SMILES string of the molecule is N#Cc1cccc(CNC(=O)C2CCCNC2)c1. The maximum absolute atomic E-state index is 11.9. The first kappa shape index (κ1) is 12.6. The second-order valence-corrected chi connectivity index (χ2v) is 4.57. The zero-order valence-corrected chi connectivity index (χ0v) is 10.3. The standard InChI is InChI=1S/C14H17N3O/c15-8-11-3-1-4-12(7-11)9-17-14(18)13-5-2-6-16-10-13/h1,3-4,7,13,16H,2,5-6,9-10H2,(H,17,18). The summed E-state index contributed by atoms with van der Waals surface area (Å²) in [6, 6.07) is 9.41. The van der Waals surface area contributed by atoms with Gasteiger partial charge in [0.15, 0.2) is 0 Å². The second kappa shape index (κ2) is 6.18. The summed E-state index contributed by atoms with van der Waals surface area (Å²) >= 11 is 0. The number of piperidine rings is 1. The van der Waals surface area contributed by atoms with Gasteiger partial charge < -0.3 is 10.6 Å². The smallest absolute Gasteiger partial charge is 0.224 e. The maximum atomic E-state index is 11.9. The fourth-order valence-electron chi connectivity index (χ4n) is 2.16. The Labute approximate surface area is 107 Å². The average Bonchev–Trinajstić information content (AvgIpc) is 2.46. The van der Waals surface area contributed by atoms with Gasteiger partial charge >= 0.3 is 0 Å². The van der Waals surface area contributed by atoms with Crippen molar-refractivity contribution in [2.75, 3.05) is 13.1 Å². The zero-order chi connectivity index (χ0) is 12.8. The Bertz CT molecular complexity index is 458. The molecule has 1 aliphatic rings. The van der Waals surface area contributed by atoms with E-state index < -0.39 is 0 Å². The summed E-state index contributed by atoms with van der Waals surface area (Å²) in [6.45, 7) is 2.27. The number of benzene rings is 1. The number of nitrogens with one attached hydrogen (secondary N) is 2. The third-order valence-electron chi connectivity index (χ3n) is 3.19. The highest BCUT2D eigenvalue weighted by Gasteiger charge is 2.20. The van der Waals surface area contributed by atoms with Crippen LogP contribution in [0.3, 0.4) is 0 Å². The Hall–Kier alpha value is -1.86. The van der Waals surface area contributed by atoms with Gasteiger partial charge in [0.2, 0.25) is 5.91 Å². The molecule has 1 amide bonds. The largest absolute Gasteiger partial charge is 0.352 e. The number of amides is 1. The van der Waals surface area contributed by atoms with Gasteiger partial charge in [-0.3, -0.25) is 4.79 Å². The van der Waals surface area contributed by atoms with Crippen LogP contribution in [0.4, 0.5) is 0 Å². The molecule has 1 heterocycles. The summed E-state index contributed by atoms with van der Waals surface area (Å²) in [4.78, 5) is 11.9. The Morgan fingerprint density at radius 3 is 3.17 bits per heavy atom. The molecule has 0 radical (unpaired) electrons. The van der Waals surface area contributed by atoms with E-state index in [1.807, 2.05) is 12.1 Å². The topological polar surface area (TPSA) is 64.9 Å². The van der Waals surface area contributed by atoms with Gasteiger partial charge in [-0.15, -0.1) is 0 Å². The van der Waals surface area contributed by atoms with Crippen molar-refractivity contribution < 1.29 is 4.79 Å². The molecule has 0 aromatic heterocycles. The monoisotopic (exact) mass is 243 g/mol. The van der Waals surface area contributed by atoms with Gasteiger partial charge in [-0.05, 0) is 37.1 Å². The summed E-state index contributed by atoms with van der Waals surface area (Å²) in [5.41, 5.74) is 1.59. The van der Waals surface area contributed by atoms with Gasteiger partial charge in [-0.1, -0.05) is 12.1 Å². The molecule has 4 heteroatoms. The summed E-state index contributed by atoms with van der Waals surface area (Å²) in [5.74, 6) is 0.183. The van der Waals surface area contributed by atoms with Crippen LogP contribution in [-0.2, 0) is 11.3 Å². The van der Waals surface area contributed by atoms with Crippen molar-refractivity contribution in [2.45, 2.75) is 19.4 Å². The van der Waals surface area contributed by atoms with Gasteiger partial charge in [0.25, 0.3) is 0 Å². The maximum Gasteiger partial charge on any atom is 0.224 e. The number of nitriles is 1. The predicted octanol–water partition coefficient (Wildman–Crippen LogP) is 1.17. The van der Waals surface area contributed by atoms with Crippen molar-refractivity contribution in [3.05, 3.63) is 35.4 Å². The highest BCUT2D eigenvalue weighted by Crippen LogP contribution is 2.10. The zero-order valence-electron chi connectivity index (χ0n) is 10.3. The van der Waals surface area contributed by atoms with Crippen molar-refractivity contribution in [1.29, 1.82) is 5.26 Å². The Balaban J connectivity index is 1.86. The fourth-order valence-corrected chi connectivity index (χ4v) is 2.16. The molecule has 1 atom stereocenters. The minimum atomic E-state index is 0.0814. The highest BCUT2D eigenvalue weighted by molar-refractivity contribution is 5.78. The summed E-state index contributed by atoms with van der Waals surface area (Å²) in [5, 5.41) is 15.0. The predicted molar refractivity (Wildman–Crippen MR) is 68.6 cm³/mol. The van der Waals surface area contributed by atoms with Crippen LogP contribution >= 0.6 is 0 Å². The average molecular weight is 243 g/mol. The number of nitrogens with zero attached hydrogens (tertiary/aromatic N) is 1. The second-order valence-electron chi connectivity index (χ2n) is 4.57. The molecule has 1 aromatic rings. The number of hydrogen-bond donors (Lipinski definition) is 2. The number of rotatable bonds is 3. The van der Waals surface area contributed by atoms with E-state index in [4.69, 9.17) is 5.26 Å². The van der Waals surface area contributed by atoms with Gasteiger partial charge in [0.05, 0.1) is 17.6 Å². The van der Waals surface area contributed by atoms with Crippen molar-refractivity contribution in [3.63, 3.8) is 0 Å². The van der Waals surface area contributed by atoms with Gasteiger partial charge in [0.1, 0.15) is 0 Å². The Kier molecular flexibility index (Phi) is 4.32. The molecule has 18 heavy (non-hydrogen) atoms. The van der Waals surface area contributed by atoms with Crippen molar-refractivity contribution in [1.82, 2.24) is 10.6 Å². The van der Waals surface area contributed by atoms with E-state index in [1.165, 1.54) is 0 Å². The lowest BCUT2D eigenvalue weighted by atomic mass is 9.99. The van der Waals surface area contributed by atoms with Crippen LogP contribution in [0.15, 0.2) is 24.3 Å². The normalized spacial score (nSPS) is 18.9.